The summed E-state index contributed by atoms with van der Waals surface area (Å²) in [6.07, 6.45) is 4.72. The second kappa shape index (κ2) is 2.66. The highest BCUT2D eigenvalue weighted by atomic mass is 35.5. The van der Waals surface area contributed by atoms with Crippen LogP contribution in [0.2, 0.25) is 0 Å². The Labute approximate surface area is 63.4 Å². The number of rotatable bonds is 0. The standard InChI is InChI=1S/C6H6ClN3/c7-4-1-2-5(8)6(3-4)10-9/h1-3,8H,9H2/b8-5?,10-6-. The molecule has 3 N–H and O–H groups in total. The van der Waals surface area contributed by atoms with E-state index in [0.717, 1.165) is 0 Å². The highest BCUT2D eigenvalue weighted by Crippen LogP contribution is 2.08. The van der Waals surface area contributed by atoms with E-state index in [1.807, 2.05) is 0 Å². The van der Waals surface area contributed by atoms with E-state index >= 15 is 0 Å². The molecule has 0 spiro atoms. The van der Waals surface area contributed by atoms with E-state index in [-0.39, 0.29) is 5.71 Å². The lowest BCUT2D eigenvalue weighted by atomic mass is 10.1. The molecule has 0 atom stereocenters. The predicted octanol–water partition coefficient (Wildman–Crippen LogP) is 1.01. The van der Waals surface area contributed by atoms with Gasteiger partial charge < -0.3 is 5.84 Å². The Morgan fingerprint density at radius 2 is 2.20 bits per heavy atom. The lowest BCUT2D eigenvalue weighted by molar-refractivity contribution is 1.25. The number of halogens is 1. The van der Waals surface area contributed by atoms with Crippen LogP contribution in [0.1, 0.15) is 0 Å². The molecule has 0 aromatic rings. The fourth-order valence-electron chi connectivity index (χ4n) is 0.612. The normalized spacial score (nSPS) is 21.5. The largest absolute Gasteiger partial charge is 0.323 e. The summed E-state index contributed by atoms with van der Waals surface area (Å²) in [7, 11) is 0. The Hall–Kier alpha value is -1.09. The average molecular weight is 156 g/mol. The van der Waals surface area contributed by atoms with Crippen LogP contribution in [0, 0.1) is 5.41 Å². The molecule has 10 heavy (non-hydrogen) atoms. The van der Waals surface area contributed by atoms with Gasteiger partial charge in [-0.25, -0.2) is 0 Å². The molecule has 0 aliphatic heterocycles. The first-order valence-corrected chi connectivity index (χ1v) is 3.04. The van der Waals surface area contributed by atoms with Gasteiger partial charge in [0.05, 0.1) is 5.71 Å². The quantitative estimate of drug-likeness (QED) is 0.306. The van der Waals surface area contributed by atoms with Crippen LogP contribution in [-0.4, -0.2) is 11.4 Å². The lowest BCUT2D eigenvalue weighted by Crippen LogP contribution is -2.12. The van der Waals surface area contributed by atoms with Gasteiger partial charge in [0.15, 0.2) is 0 Å². The Kier molecular flexibility index (Phi) is 1.87. The van der Waals surface area contributed by atoms with Gasteiger partial charge >= 0.3 is 0 Å². The van der Waals surface area contributed by atoms with Crippen molar-refractivity contribution in [3.05, 3.63) is 23.3 Å². The predicted molar refractivity (Wildman–Crippen MR) is 42.4 cm³/mol. The highest BCUT2D eigenvalue weighted by Gasteiger charge is 2.05. The van der Waals surface area contributed by atoms with E-state index in [9.17, 15) is 0 Å². The van der Waals surface area contributed by atoms with Crippen LogP contribution in [0.4, 0.5) is 0 Å². The molecular weight excluding hydrogens is 150 g/mol. The first-order valence-electron chi connectivity index (χ1n) is 2.66. The lowest BCUT2D eigenvalue weighted by Gasteiger charge is -2.01. The molecule has 0 aromatic heterocycles. The molecule has 0 saturated carbocycles. The first-order chi connectivity index (χ1) is 4.74. The molecule has 1 aliphatic carbocycles. The summed E-state index contributed by atoms with van der Waals surface area (Å²) in [6, 6.07) is 0. The van der Waals surface area contributed by atoms with Crippen molar-refractivity contribution in [1.29, 1.82) is 5.41 Å². The minimum absolute atomic E-state index is 0.284. The Morgan fingerprint density at radius 3 is 2.70 bits per heavy atom. The van der Waals surface area contributed by atoms with Gasteiger partial charge in [-0.1, -0.05) is 11.6 Å². The Morgan fingerprint density at radius 1 is 1.50 bits per heavy atom. The highest BCUT2D eigenvalue weighted by molar-refractivity contribution is 6.52. The molecule has 0 bridgehead atoms. The second-order valence-electron chi connectivity index (χ2n) is 1.79. The Balaban J connectivity index is 2.99. The maximum atomic E-state index is 7.24. The van der Waals surface area contributed by atoms with Crippen LogP contribution in [-0.2, 0) is 0 Å². The van der Waals surface area contributed by atoms with Crippen molar-refractivity contribution >= 4 is 23.0 Å². The third kappa shape index (κ3) is 1.25. The third-order valence-corrected chi connectivity index (χ3v) is 1.33. The van der Waals surface area contributed by atoms with E-state index in [4.69, 9.17) is 22.9 Å². The van der Waals surface area contributed by atoms with Gasteiger partial charge in [-0.15, -0.1) is 0 Å². The maximum absolute atomic E-state index is 7.24. The van der Waals surface area contributed by atoms with E-state index in [0.29, 0.717) is 10.7 Å². The number of nitrogens with two attached hydrogens (primary N) is 1. The van der Waals surface area contributed by atoms with Crippen LogP contribution < -0.4 is 5.84 Å². The van der Waals surface area contributed by atoms with Gasteiger partial charge in [-0.05, 0) is 18.2 Å². The van der Waals surface area contributed by atoms with Crippen LogP contribution in [0.15, 0.2) is 28.4 Å². The number of nitrogens with one attached hydrogen (secondary N) is 1. The van der Waals surface area contributed by atoms with Crippen LogP contribution in [0.25, 0.3) is 0 Å². The van der Waals surface area contributed by atoms with Crippen molar-refractivity contribution in [2.24, 2.45) is 10.9 Å². The van der Waals surface area contributed by atoms with Gasteiger partial charge in [-0.2, -0.15) is 5.10 Å². The number of nitrogens with zero attached hydrogens (tertiary/aromatic N) is 1. The zero-order valence-corrected chi connectivity index (χ0v) is 5.89. The molecule has 0 amide bonds. The Bertz CT molecular complexity index is 250. The van der Waals surface area contributed by atoms with E-state index < -0.39 is 0 Å². The molecule has 1 rings (SSSR count). The number of hydrogen-bond acceptors (Lipinski definition) is 3. The van der Waals surface area contributed by atoms with Gasteiger partial charge in [0.2, 0.25) is 0 Å². The summed E-state index contributed by atoms with van der Waals surface area (Å²) >= 11 is 5.60. The van der Waals surface area contributed by atoms with Crippen molar-refractivity contribution in [2.45, 2.75) is 0 Å². The summed E-state index contributed by atoms with van der Waals surface area (Å²) in [5.41, 5.74) is 0.694. The minimum Gasteiger partial charge on any atom is -0.323 e. The van der Waals surface area contributed by atoms with Gasteiger partial charge in [0.1, 0.15) is 5.71 Å². The SMILES string of the molecule is N=C1C=CC(Cl)=C/C1=N/N. The van der Waals surface area contributed by atoms with Crippen LogP contribution >= 0.6 is 11.6 Å². The van der Waals surface area contributed by atoms with Gasteiger partial charge in [-0.3, -0.25) is 5.41 Å². The van der Waals surface area contributed by atoms with Gasteiger partial charge in [0, 0.05) is 5.03 Å². The molecule has 52 valence electrons. The van der Waals surface area contributed by atoms with Crippen molar-refractivity contribution in [2.75, 3.05) is 0 Å². The van der Waals surface area contributed by atoms with Crippen LogP contribution in [0.5, 0.6) is 0 Å². The fraction of sp³-hybridized carbons (Fsp3) is 0. The monoisotopic (exact) mass is 155 g/mol. The van der Waals surface area contributed by atoms with E-state index in [1.54, 1.807) is 18.2 Å². The molecular formula is C6H6ClN3. The van der Waals surface area contributed by atoms with Crippen molar-refractivity contribution in [3.63, 3.8) is 0 Å². The van der Waals surface area contributed by atoms with E-state index in [1.165, 1.54) is 0 Å². The molecule has 0 fully saturated rings. The molecule has 0 unspecified atom stereocenters. The zero-order valence-electron chi connectivity index (χ0n) is 5.13. The van der Waals surface area contributed by atoms with Crippen molar-refractivity contribution in [3.8, 4) is 0 Å². The molecule has 0 radical (unpaired) electrons. The molecule has 0 saturated heterocycles. The topological polar surface area (TPSA) is 62.2 Å². The minimum atomic E-state index is 0.284. The van der Waals surface area contributed by atoms with Crippen LogP contribution in [0.3, 0.4) is 0 Å². The van der Waals surface area contributed by atoms with E-state index in [2.05, 4.69) is 5.10 Å². The summed E-state index contributed by atoms with van der Waals surface area (Å²) in [5.74, 6) is 4.97. The fourth-order valence-corrected chi connectivity index (χ4v) is 0.778. The zero-order chi connectivity index (χ0) is 7.56. The maximum Gasteiger partial charge on any atom is 0.109 e. The molecule has 4 heteroatoms. The molecule has 3 nitrogen and oxygen atoms in total. The number of hydrogen-bond donors (Lipinski definition) is 2. The molecule has 0 aromatic carbocycles. The van der Waals surface area contributed by atoms with Crippen molar-refractivity contribution < 1.29 is 0 Å². The second-order valence-corrected chi connectivity index (χ2v) is 2.23. The number of allylic oxidation sites excluding steroid dienone is 4. The third-order valence-electron chi connectivity index (χ3n) is 1.10. The molecule has 0 heterocycles. The first kappa shape index (κ1) is 7.02. The average Bonchev–Trinajstić information content (AvgIpc) is 1.94. The summed E-state index contributed by atoms with van der Waals surface area (Å²) < 4.78 is 0. The summed E-state index contributed by atoms with van der Waals surface area (Å²) in [6.45, 7) is 0. The number of hydrazone groups is 1. The van der Waals surface area contributed by atoms with Crippen molar-refractivity contribution in [1.82, 2.24) is 0 Å². The smallest absolute Gasteiger partial charge is 0.109 e. The van der Waals surface area contributed by atoms with Gasteiger partial charge in [0.25, 0.3) is 0 Å². The summed E-state index contributed by atoms with van der Waals surface area (Å²) in [4.78, 5) is 0. The molecule has 1 aliphatic rings. The summed E-state index contributed by atoms with van der Waals surface area (Å²) in [5, 5.41) is 11.1.